The Morgan fingerprint density at radius 2 is 1.89 bits per heavy atom. The zero-order valence-corrected chi connectivity index (χ0v) is 11.9. The van der Waals surface area contributed by atoms with Gasteiger partial charge in [-0.2, -0.15) is 0 Å². The van der Waals surface area contributed by atoms with Crippen molar-refractivity contribution < 1.29 is 4.74 Å². The lowest BCUT2D eigenvalue weighted by atomic mass is 10.1. The van der Waals surface area contributed by atoms with E-state index in [9.17, 15) is 0 Å². The fourth-order valence-corrected chi connectivity index (χ4v) is 1.84. The predicted molar refractivity (Wildman–Crippen MR) is 76.8 cm³/mol. The van der Waals surface area contributed by atoms with Crippen LogP contribution in [0.3, 0.4) is 0 Å². The van der Waals surface area contributed by atoms with Gasteiger partial charge in [-0.1, -0.05) is 37.3 Å². The Hall–Kier alpha value is -0.900. The van der Waals surface area contributed by atoms with Crippen LogP contribution in [0.5, 0.6) is 0 Å². The second-order valence-electron chi connectivity index (χ2n) is 4.74. The Balaban J connectivity index is 2.17. The van der Waals surface area contributed by atoms with Gasteiger partial charge < -0.3 is 15.0 Å². The summed E-state index contributed by atoms with van der Waals surface area (Å²) >= 11 is 0. The molecule has 0 aliphatic carbocycles. The number of hydrogen-bond acceptors (Lipinski definition) is 3. The van der Waals surface area contributed by atoms with Crippen molar-refractivity contribution in [2.24, 2.45) is 0 Å². The zero-order valence-electron chi connectivity index (χ0n) is 11.9. The number of benzene rings is 1. The van der Waals surface area contributed by atoms with Crippen molar-refractivity contribution in [3.05, 3.63) is 35.9 Å². The lowest BCUT2D eigenvalue weighted by Gasteiger charge is -2.17. The van der Waals surface area contributed by atoms with Gasteiger partial charge in [0.25, 0.3) is 0 Å². The molecular weight excluding hydrogens is 224 g/mol. The lowest BCUT2D eigenvalue weighted by molar-refractivity contribution is 0.117. The molecule has 1 aromatic rings. The first-order valence-corrected chi connectivity index (χ1v) is 6.74. The third-order valence-electron chi connectivity index (χ3n) is 2.93. The topological polar surface area (TPSA) is 24.5 Å². The molecule has 3 heteroatoms. The summed E-state index contributed by atoms with van der Waals surface area (Å²) in [5.41, 5.74) is 1.35. The van der Waals surface area contributed by atoms with Crippen LogP contribution in [0.1, 0.15) is 24.9 Å². The molecule has 0 bridgehead atoms. The van der Waals surface area contributed by atoms with Crippen molar-refractivity contribution >= 4 is 0 Å². The molecule has 1 aromatic carbocycles. The Labute approximate surface area is 111 Å². The minimum atomic E-state index is 0.434. The Kier molecular flexibility index (Phi) is 7.65. The third kappa shape index (κ3) is 6.15. The van der Waals surface area contributed by atoms with Gasteiger partial charge in [-0.15, -0.1) is 0 Å². The van der Waals surface area contributed by atoms with Gasteiger partial charge in [-0.05, 0) is 26.1 Å². The molecule has 18 heavy (non-hydrogen) atoms. The Morgan fingerprint density at radius 1 is 1.17 bits per heavy atom. The van der Waals surface area contributed by atoms with Crippen LogP contribution in [0.4, 0.5) is 0 Å². The summed E-state index contributed by atoms with van der Waals surface area (Å²) in [7, 11) is 4.12. The maximum Gasteiger partial charge on any atom is 0.0593 e. The van der Waals surface area contributed by atoms with E-state index in [1.54, 1.807) is 0 Å². The van der Waals surface area contributed by atoms with E-state index in [1.807, 2.05) is 0 Å². The number of ether oxygens (including phenoxy) is 1. The summed E-state index contributed by atoms with van der Waals surface area (Å²) < 4.78 is 5.57. The molecule has 1 unspecified atom stereocenters. The van der Waals surface area contributed by atoms with Crippen LogP contribution in [0, 0.1) is 0 Å². The van der Waals surface area contributed by atoms with Gasteiger partial charge in [0.2, 0.25) is 0 Å². The molecule has 0 aliphatic rings. The molecule has 3 nitrogen and oxygen atoms in total. The lowest BCUT2D eigenvalue weighted by Crippen LogP contribution is -2.26. The smallest absolute Gasteiger partial charge is 0.0593 e. The van der Waals surface area contributed by atoms with Gasteiger partial charge in [0.15, 0.2) is 0 Å². The minimum Gasteiger partial charge on any atom is -0.379 e. The first-order valence-electron chi connectivity index (χ1n) is 6.74. The molecule has 0 saturated carbocycles. The molecule has 1 N–H and O–H groups in total. The van der Waals surface area contributed by atoms with Crippen molar-refractivity contribution in [1.29, 1.82) is 0 Å². The van der Waals surface area contributed by atoms with Gasteiger partial charge in [0.05, 0.1) is 13.2 Å². The summed E-state index contributed by atoms with van der Waals surface area (Å²) in [6.45, 7) is 5.67. The molecule has 0 aliphatic heterocycles. The molecule has 0 saturated heterocycles. The summed E-state index contributed by atoms with van der Waals surface area (Å²) in [5.74, 6) is 0. The molecule has 0 aromatic heterocycles. The number of rotatable bonds is 9. The summed E-state index contributed by atoms with van der Waals surface area (Å²) in [5, 5.41) is 3.54. The van der Waals surface area contributed by atoms with Crippen LogP contribution in [0.25, 0.3) is 0 Å². The van der Waals surface area contributed by atoms with Crippen molar-refractivity contribution in [2.75, 3.05) is 40.4 Å². The number of hydrogen-bond donors (Lipinski definition) is 1. The van der Waals surface area contributed by atoms with Crippen molar-refractivity contribution in [1.82, 2.24) is 10.2 Å². The Morgan fingerprint density at radius 3 is 2.50 bits per heavy atom. The van der Waals surface area contributed by atoms with E-state index in [0.717, 1.165) is 32.7 Å². The monoisotopic (exact) mass is 250 g/mol. The van der Waals surface area contributed by atoms with E-state index < -0.39 is 0 Å². The maximum absolute atomic E-state index is 5.57. The van der Waals surface area contributed by atoms with Crippen LogP contribution >= 0.6 is 0 Å². The molecule has 0 fully saturated rings. The fraction of sp³-hybridized carbons (Fsp3) is 0.600. The molecular formula is C15H26N2O. The van der Waals surface area contributed by atoms with Gasteiger partial charge in [-0.25, -0.2) is 0 Å². The fourth-order valence-electron chi connectivity index (χ4n) is 1.84. The van der Waals surface area contributed by atoms with E-state index in [1.165, 1.54) is 5.56 Å². The van der Waals surface area contributed by atoms with Gasteiger partial charge in [0.1, 0.15) is 0 Å². The quantitative estimate of drug-likeness (QED) is 0.681. The highest BCUT2D eigenvalue weighted by Crippen LogP contribution is 2.15. The van der Waals surface area contributed by atoms with E-state index in [2.05, 4.69) is 61.6 Å². The number of likely N-dealkylation sites (N-methyl/N-ethyl adjacent to an activating group) is 1. The predicted octanol–water partition coefficient (Wildman–Crippen LogP) is 2.31. The summed E-state index contributed by atoms with van der Waals surface area (Å²) in [4.78, 5) is 2.13. The first kappa shape index (κ1) is 15.2. The third-order valence-corrected chi connectivity index (χ3v) is 2.93. The average Bonchev–Trinajstić information content (AvgIpc) is 2.38. The van der Waals surface area contributed by atoms with Crippen molar-refractivity contribution in [3.8, 4) is 0 Å². The van der Waals surface area contributed by atoms with Crippen LogP contribution in [0.2, 0.25) is 0 Å². The first-order chi connectivity index (χ1) is 8.74. The summed E-state index contributed by atoms with van der Waals surface area (Å²) in [6.07, 6.45) is 1.10. The van der Waals surface area contributed by atoms with Crippen LogP contribution < -0.4 is 5.32 Å². The molecule has 0 radical (unpaired) electrons. The van der Waals surface area contributed by atoms with Gasteiger partial charge in [0, 0.05) is 19.1 Å². The number of nitrogens with zero attached hydrogens (tertiary/aromatic N) is 1. The van der Waals surface area contributed by atoms with E-state index in [-0.39, 0.29) is 0 Å². The highest BCUT2D eigenvalue weighted by molar-refractivity contribution is 5.18. The largest absolute Gasteiger partial charge is 0.379 e. The molecule has 1 rings (SSSR count). The van der Waals surface area contributed by atoms with Crippen LogP contribution in [-0.4, -0.2) is 45.3 Å². The van der Waals surface area contributed by atoms with Crippen LogP contribution in [-0.2, 0) is 4.74 Å². The van der Waals surface area contributed by atoms with E-state index in [0.29, 0.717) is 6.04 Å². The highest BCUT2D eigenvalue weighted by Gasteiger charge is 2.06. The number of nitrogens with one attached hydrogen (secondary N) is 1. The molecule has 0 heterocycles. The molecule has 0 amide bonds. The second kappa shape index (κ2) is 9.09. The standard InChI is InChI=1S/C15H26N2O/c1-4-15(14-8-6-5-7-9-14)16-10-12-18-13-11-17(2)3/h5-9,15-16H,4,10-13H2,1-3H3. The van der Waals surface area contributed by atoms with E-state index >= 15 is 0 Å². The Bertz CT molecular complexity index is 301. The van der Waals surface area contributed by atoms with Crippen molar-refractivity contribution in [3.63, 3.8) is 0 Å². The maximum atomic E-state index is 5.57. The molecule has 1 atom stereocenters. The summed E-state index contributed by atoms with van der Waals surface area (Å²) in [6, 6.07) is 11.0. The van der Waals surface area contributed by atoms with Gasteiger partial charge >= 0.3 is 0 Å². The normalized spacial score (nSPS) is 12.9. The minimum absolute atomic E-state index is 0.434. The molecule has 102 valence electrons. The van der Waals surface area contributed by atoms with Gasteiger partial charge in [-0.3, -0.25) is 0 Å². The SMILES string of the molecule is CCC(NCCOCCN(C)C)c1ccccc1. The van der Waals surface area contributed by atoms with E-state index in [4.69, 9.17) is 4.74 Å². The zero-order chi connectivity index (χ0) is 13.2. The second-order valence-corrected chi connectivity index (χ2v) is 4.74. The van der Waals surface area contributed by atoms with Crippen LogP contribution in [0.15, 0.2) is 30.3 Å². The highest BCUT2D eigenvalue weighted by atomic mass is 16.5. The van der Waals surface area contributed by atoms with Crippen molar-refractivity contribution in [2.45, 2.75) is 19.4 Å². The molecule has 0 spiro atoms. The average molecular weight is 250 g/mol.